The molecular formula is C12H20N2O5. The molecule has 0 aromatic carbocycles. The van der Waals surface area contributed by atoms with Crippen LogP contribution in [0.2, 0.25) is 0 Å². The zero-order chi connectivity index (χ0) is 13.8. The monoisotopic (exact) mass is 272 g/mol. The molecule has 0 aromatic heterocycles. The lowest BCUT2D eigenvalue weighted by Crippen LogP contribution is -2.54. The number of rotatable bonds is 3. The summed E-state index contributed by atoms with van der Waals surface area (Å²) in [7, 11) is 1.64. The van der Waals surface area contributed by atoms with Crippen molar-refractivity contribution in [3.05, 3.63) is 0 Å². The predicted molar refractivity (Wildman–Crippen MR) is 65.9 cm³/mol. The molecule has 0 spiro atoms. The van der Waals surface area contributed by atoms with Gasteiger partial charge >= 0.3 is 12.0 Å². The van der Waals surface area contributed by atoms with Crippen molar-refractivity contribution in [1.29, 1.82) is 0 Å². The van der Waals surface area contributed by atoms with Crippen LogP contribution in [0.4, 0.5) is 4.79 Å². The summed E-state index contributed by atoms with van der Waals surface area (Å²) in [6.07, 6.45) is 2.00. The molecule has 1 saturated heterocycles. The van der Waals surface area contributed by atoms with Crippen LogP contribution >= 0.6 is 0 Å². The molecule has 7 nitrogen and oxygen atoms in total. The largest absolute Gasteiger partial charge is 0.479 e. The number of amides is 2. The molecule has 2 aliphatic rings. The number of carboxylic acids is 1. The first kappa shape index (κ1) is 14.1. The van der Waals surface area contributed by atoms with Gasteiger partial charge in [-0.25, -0.2) is 9.59 Å². The Bertz CT molecular complexity index is 349. The number of urea groups is 1. The number of aliphatic carboxylic acids is 1. The molecule has 7 heteroatoms. The molecule has 19 heavy (non-hydrogen) atoms. The van der Waals surface area contributed by atoms with Crippen molar-refractivity contribution in [3.63, 3.8) is 0 Å². The number of carboxylic acid groups (broad SMARTS) is 1. The van der Waals surface area contributed by atoms with Crippen molar-refractivity contribution in [3.8, 4) is 0 Å². The van der Waals surface area contributed by atoms with Crippen molar-refractivity contribution in [2.75, 3.05) is 26.8 Å². The number of hydrogen-bond donors (Lipinski definition) is 2. The van der Waals surface area contributed by atoms with Gasteiger partial charge in [0.1, 0.15) is 0 Å². The summed E-state index contributed by atoms with van der Waals surface area (Å²) in [5.41, 5.74) is 0. The number of methoxy groups -OCH3 is 1. The Hall–Kier alpha value is -1.34. The molecule has 1 aliphatic carbocycles. The van der Waals surface area contributed by atoms with Crippen molar-refractivity contribution >= 4 is 12.0 Å². The van der Waals surface area contributed by atoms with E-state index in [1.54, 1.807) is 7.11 Å². The number of nitrogens with one attached hydrogen (secondary N) is 1. The Morgan fingerprint density at radius 1 is 1.42 bits per heavy atom. The van der Waals surface area contributed by atoms with E-state index in [0.717, 1.165) is 19.3 Å². The fourth-order valence-corrected chi connectivity index (χ4v) is 2.61. The lowest BCUT2D eigenvalue weighted by molar-refractivity contribution is -0.154. The highest BCUT2D eigenvalue weighted by molar-refractivity contribution is 5.77. The fourth-order valence-electron chi connectivity index (χ4n) is 2.61. The van der Waals surface area contributed by atoms with Gasteiger partial charge in [-0.2, -0.15) is 0 Å². The van der Waals surface area contributed by atoms with Gasteiger partial charge < -0.3 is 24.8 Å². The second-order valence-electron chi connectivity index (χ2n) is 4.90. The second-order valence-corrected chi connectivity index (χ2v) is 4.90. The van der Waals surface area contributed by atoms with E-state index in [9.17, 15) is 9.59 Å². The molecule has 0 bridgehead atoms. The highest BCUT2D eigenvalue weighted by atomic mass is 16.5. The summed E-state index contributed by atoms with van der Waals surface area (Å²) in [4.78, 5) is 24.4. The average molecular weight is 272 g/mol. The number of carbonyl (C=O) groups excluding carboxylic acids is 1. The van der Waals surface area contributed by atoms with Crippen molar-refractivity contribution in [2.45, 2.75) is 37.5 Å². The molecule has 1 saturated carbocycles. The molecule has 3 atom stereocenters. The van der Waals surface area contributed by atoms with Crippen molar-refractivity contribution in [2.24, 2.45) is 0 Å². The van der Waals surface area contributed by atoms with Gasteiger partial charge in [-0.15, -0.1) is 0 Å². The van der Waals surface area contributed by atoms with E-state index in [1.807, 2.05) is 0 Å². The molecule has 108 valence electrons. The first-order valence-corrected chi connectivity index (χ1v) is 6.54. The van der Waals surface area contributed by atoms with Crippen LogP contribution in [0.5, 0.6) is 0 Å². The number of morpholine rings is 1. The molecule has 3 unspecified atom stereocenters. The Morgan fingerprint density at radius 2 is 2.21 bits per heavy atom. The lowest BCUT2D eigenvalue weighted by Gasteiger charge is -2.32. The Morgan fingerprint density at radius 3 is 2.89 bits per heavy atom. The standard InChI is InChI=1S/C12H20N2O5/c1-18-9-4-2-3-8(9)13-12(17)14-5-6-19-10(7-14)11(15)16/h8-10H,2-7H2,1H3,(H,13,17)(H,15,16). The number of hydrogen-bond acceptors (Lipinski definition) is 4. The predicted octanol–water partition coefficient (Wildman–Crippen LogP) is 0.0489. The highest BCUT2D eigenvalue weighted by Crippen LogP contribution is 2.21. The van der Waals surface area contributed by atoms with Crippen LogP contribution in [0.15, 0.2) is 0 Å². The van der Waals surface area contributed by atoms with Crippen molar-refractivity contribution in [1.82, 2.24) is 10.2 Å². The summed E-state index contributed by atoms with van der Waals surface area (Å²) in [5.74, 6) is -1.03. The van der Waals surface area contributed by atoms with E-state index in [2.05, 4.69) is 5.32 Å². The fraction of sp³-hybridized carbons (Fsp3) is 0.833. The molecule has 0 radical (unpaired) electrons. The number of carbonyl (C=O) groups is 2. The van der Waals surface area contributed by atoms with Crippen LogP contribution in [0.3, 0.4) is 0 Å². The minimum atomic E-state index is -1.03. The van der Waals surface area contributed by atoms with Crippen LogP contribution < -0.4 is 5.32 Å². The normalized spacial score (nSPS) is 31.2. The molecule has 1 heterocycles. The molecule has 2 N–H and O–H groups in total. The summed E-state index contributed by atoms with van der Waals surface area (Å²) < 4.78 is 10.4. The van der Waals surface area contributed by atoms with E-state index in [4.69, 9.17) is 14.6 Å². The zero-order valence-corrected chi connectivity index (χ0v) is 11.0. The SMILES string of the molecule is COC1CCCC1NC(=O)N1CCOC(C(=O)O)C1. The Balaban J connectivity index is 1.87. The third-order valence-corrected chi connectivity index (χ3v) is 3.69. The van der Waals surface area contributed by atoms with Gasteiger partial charge in [0.2, 0.25) is 0 Å². The Kier molecular flexibility index (Phi) is 4.60. The topological polar surface area (TPSA) is 88.1 Å². The molecule has 2 fully saturated rings. The minimum Gasteiger partial charge on any atom is -0.479 e. The number of nitrogens with zero attached hydrogens (tertiary/aromatic N) is 1. The van der Waals surface area contributed by atoms with Gasteiger partial charge in [-0.1, -0.05) is 0 Å². The van der Waals surface area contributed by atoms with Gasteiger partial charge in [-0.3, -0.25) is 0 Å². The summed E-state index contributed by atoms with van der Waals surface area (Å²) in [5, 5.41) is 11.8. The van der Waals surface area contributed by atoms with Gasteiger partial charge in [-0.05, 0) is 19.3 Å². The van der Waals surface area contributed by atoms with Crippen LogP contribution in [-0.2, 0) is 14.3 Å². The quantitative estimate of drug-likeness (QED) is 0.758. The third kappa shape index (κ3) is 3.36. The maximum absolute atomic E-state index is 12.1. The van der Waals surface area contributed by atoms with Crippen LogP contribution in [0.25, 0.3) is 0 Å². The molecule has 2 amide bonds. The molecular weight excluding hydrogens is 252 g/mol. The van der Waals surface area contributed by atoms with Gasteiger partial charge in [0.25, 0.3) is 0 Å². The number of ether oxygens (including phenoxy) is 2. The first-order valence-electron chi connectivity index (χ1n) is 6.54. The van der Waals surface area contributed by atoms with E-state index in [0.29, 0.717) is 6.54 Å². The van der Waals surface area contributed by atoms with Gasteiger partial charge in [0.05, 0.1) is 25.3 Å². The smallest absolute Gasteiger partial charge is 0.334 e. The van der Waals surface area contributed by atoms with E-state index < -0.39 is 12.1 Å². The van der Waals surface area contributed by atoms with Gasteiger partial charge in [0, 0.05) is 13.7 Å². The lowest BCUT2D eigenvalue weighted by atomic mass is 10.2. The highest BCUT2D eigenvalue weighted by Gasteiger charge is 2.33. The summed E-state index contributed by atoms with van der Waals surface area (Å²) in [6.45, 7) is 0.758. The van der Waals surface area contributed by atoms with E-state index in [-0.39, 0.29) is 31.3 Å². The maximum atomic E-state index is 12.1. The summed E-state index contributed by atoms with van der Waals surface area (Å²) >= 11 is 0. The first-order chi connectivity index (χ1) is 9.11. The average Bonchev–Trinajstić information content (AvgIpc) is 2.86. The van der Waals surface area contributed by atoms with Gasteiger partial charge in [0.15, 0.2) is 6.10 Å². The van der Waals surface area contributed by atoms with E-state index in [1.165, 1.54) is 4.90 Å². The summed E-state index contributed by atoms with van der Waals surface area (Å²) in [6, 6.07) is -0.216. The maximum Gasteiger partial charge on any atom is 0.334 e. The van der Waals surface area contributed by atoms with Crippen LogP contribution in [0, 0.1) is 0 Å². The van der Waals surface area contributed by atoms with E-state index >= 15 is 0 Å². The molecule has 1 aliphatic heterocycles. The Labute approximate surface area is 111 Å². The second kappa shape index (κ2) is 6.21. The minimum absolute atomic E-state index is 0.0172. The zero-order valence-electron chi connectivity index (χ0n) is 11.0. The van der Waals surface area contributed by atoms with Crippen molar-refractivity contribution < 1.29 is 24.2 Å². The molecule has 2 rings (SSSR count). The molecule has 0 aromatic rings. The van der Waals surface area contributed by atoms with Crippen LogP contribution in [-0.4, -0.2) is 67.1 Å². The van der Waals surface area contributed by atoms with Crippen LogP contribution in [0.1, 0.15) is 19.3 Å². The third-order valence-electron chi connectivity index (χ3n) is 3.69.